The van der Waals surface area contributed by atoms with Crippen LogP contribution in [0.3, 0.4) is 0 Å². The summed E-state index contributed by atoms with van der Waals surface area (Å²) >= 11 is 1.20. The van der Waals surface area contributed by atoms with Crippen LogP contribution in [0.15, 0.2) is 60.7 Å². The van der Waals surface area contributed by atoms with Crippen molar-refractivity contribution in [1.29, 1.82) is 0 Å². The van der Waals surface area contributed by atoms with Gasteiger partial charge in [0.25, 0.3) is 5.91 Å². The molecule has 4 amide bonds. The Kier molecular flexibility index (Phi) is 6.70. The lowest BCUT2D eigenvalue weighted by atomic mass is 9.91. The van der Waals surface area contributed by atoms with Crippen molar-refractivity contribution >= 4 is 40.8 Å². The highest BCUT2D eigenvalue weighted by molar-refractivity contribution is 7.18. The molecule has 180 valence electrons. The van der Waals surface area contributed by atoms with Crippen LogP contribution in [-0.4, -0.2) is 41.9 Å². The van der Waals surface area contributed by atoms with Crippen LogP contribution in [0.25, 0.3) is 10.4 Å². The first kappa shape index (κ1) is 24.2. The van der Waals surface area contributed by atoms with Crippen LogP contribution in [0.4, 0.5) is 10.5 Å². The smallest absolute Gasteiger partial charge is 0.350 e. The van der Waals surface area contributed by atoms with Gasteiger partial charge in [0.15, 0.2) is 0 Å². The van der Waals surface area contributed by atoms with E-state index in [9.17, 15) is 19.2 Å². The topological polar surface area (TPSA) is 105 Å². The van der Waals surface area contributed by atoms with Crippen LogP contribution < -0.4 is 10.6 Å². The number of urea groups is 1. The molecule has 1 saturated heterocycles. The summed E-state index contributed by atoms with van der Waals surface area (Å²) in [7, 11) is 0. The molecule has 4 rings (SSSR count). The molecule has 1 atom stereocenters. The van der Waals surface area contributed by atoms with Crippen molar-refractivity contribution in [2.75, 3.05) is 18.5 Å². The normalized spacial score (nSPS) is 17.3. The average Bonchev–Trinajstić information content (AvgIpc) is 3.35. The fraction of sp³-hybridized carbons (Fsp3) is 0.231. The highest BCUT2D eigenvalue weighted by Gasteiger charge is 2.49. The van der Waals surface area contributed by atoms with Gasteiger partial charge in [-0.15, -0.1) is 11.3 Å². The maximum atomic E-state index is 13.2. The molecule has 0 saturated carbocycles. The van der Waals surface area contributed by atoms with Crippen molar-refractivity contribution in [3.8, 4) is 10.4 Å². The van der Waals surface area contributed by atoms with E-state index >= 15 is 0 Å². The van der Waals surface area contributed by atoms with Gasteiger partial charge >= 0.3 is 12.0 Å². The molecule has 1 unspecified atom stereocenters. The maximum absolute atomic E-state index is 13.2. The minimum Gasteiger partial charge on any atom is -0.462 e. The number of thiophene rings is 1. The van der Waals surface area contributed by atoms with E-state index in [4.69, 9.17) is 4.74 Å². The predicted octanol–water partition coefficient (Wildman–Crippen LogP) is 4.31. The van der Waals surface area contributed by atoms with Crippen molar-refractivity contribution in [2.24, 2.45) is 0 Å². The van der Waals surface area contributed by atoms with Crippen molar-refractivity contribution in [3.05, 3.63) is 76.7 Å². The number of nitrogens with one attached hydrogen (secondary N) is 2. The van der Waals surface area contributed by atoms with E-state index in [0.717, 1.165) is 20.9 Å². The molecular formula is C26H25N3O5S. The Balaban J connectivity index is 1.54. The summed E-state index contributed by atoms with van der Waals surface area (Å²) in [4.78, 5) is 53.1. The number of nitrogens with zero attached hydrogens (tertiary/aromatic N) is 1. The van der Waals surface area contributed by atoms with E-state index in [1.165, 1.54) is 11.3 Å². The predicted molar refractivity (Wildman–Crippen MR) is 133 cm³/mol. The summed E-state index contributed by atoms with van der Waals surface area (Å²) in [5, 5.41) is 5.37. The third-order valence-corrected chi connectivity index (χ3v) is 6.90. The minimum absolute atomic E-state index is 0.185. The van der Waals surface area contributed by atoms with Gasteiger partial charge in [0.05, 0.1) is 12.3 Å². The van der Waals surface area contributed by atoms with Gasteiger partial charge in [-0.3, -0.25) is 14.5 Å². The molecule has 2 N–H and O–H groups in total. The zero-order valence-electron chi connectivity index (χ0n) is 19.6. The number of carbonyl (C=O) groups excluding carboxylic acids is 4. The molecule has 1 aliphatic rings. The summed E-state index contributed by atoms with van der Waals surface area (Å²) in [6.07, 6.45) is 0. The summed E-state index contributed by atoms with van der Waals surface area (Å²) in [6.45, 7) is 4.93. The summed E-state index contributed by atoms with van der Waals surface area (Å²) in [6, 6.07) is 17.7. The van der Waals surface area contributed by atoms with Gasteiger partial charge in [0.2, 0.25) is 5.91 Å². The Morgan fingerprint density at radius 2 is 1.77 bits per heavy atom. The zero-order valence-corrected chi connectivity index (χ0v) is 20.4. The molecule has 8 nitrogen and oxygen atoms in total. The van der Waals surface area contributed by atoms with Gasteiger partial charge < -0.3 is 15.4 Å². The number of imide groups is 1. The third-order valence-electron chi connectivity index (χ3n) is 5.73. The van der Waals surface area contributed by atoms with E-state index in [0.29, 0.717) is 5.56 Å². The van der Waals surface area contributed by atoms with Crippen LogP contribution in [0.5, 0.6) is 0 Å². The quantitative estimate of drug-likeness (QED) is 0.379. The number of benzene rings is 2. The largest absolute Gasteiger partial charge is 0.462 e. The summed E-state index contributed by atoms with van der Waals surface area (Å²) in [5.41, 5.74) is 1.52. The molecule has 0 spiro atoms. The van der Waals surface area contributed by atoms with Crippen molar-refractivity contribution < 1.29 is 23.9 Å². The SMILES string of the molecule is CCOC(=O)c1sc(-c2ccccc2)cc1NC(=O)CN1C(=O)NC(C)(c2ccc(C)cc2)C1=O. The molecule has 35 heavy (non-hydrogen) atoms. The molecule has 0 radical (unpaired) electrons. The third kappa shape index (κ3) is 4.81. The van der Waals surface area contributed by atoms with E-state index < -0.39 is 35.9 Å². The number of carbonyl (C=O) groups is 4. The minimum atomic E-state index is -1.27. The second kappa shape index (κ2) is 9.71. The van der Waals surface area contributed by atoms with Crippen LogP contribution >= 0.6 is 11.3 Å². The number of hydrogen-bond donors (Lipinski definition) is 2. The van der Waals surface area contributed by atoms with Gasteiger partial charge in [0.1, 0.15) is 17.0 Å². The second-order valence-corrected chi connectivity index (χ2v) is 9.35. The fourth-order valence-electron chi connectivity index (χ4n) is 3.83. The molecule has 1 aliphatic heterocycles. The Labute approximate surface area is 206 Å². The molecular weight excluding hydrogens is 466 g/mol. The fourth-order valence-corrected chi connectivity index (χ4v) is 4.85. The number of aryl methyl sites for hydroxylation is 1. The Morgan fingerprint density at radius 3 is 2.43 bits per heavy atom. The maximum Gasteiger partial charge on any atom is 0.350 e. The van der Waals surface area contributed by atoms with E-state index in [-0.39, 0.29) is 17.2 Å². The number of ether oxygens (including phenoxy) is 1. The molecule has 0 bridgehead atoms. The van der Waals surface area contributed by atoms with Crippen molar-refractivity contribution in [1.82, 2.24) is 10.2 Å². The van der Waals surface area contributed by atoms with Gasteiger partial charge in [-0.25, -0.2) is 9.59 Å². The monoisotopic (exact) mass is 491 g/mol. The van der Waals surface area contributed by atoms with E-state index in [1.807, 2.05) is 49.4 Å². The number of amides is 4. The molecule has 3 aromatic rings. The molecule has 9 heteroatoms. The van der Waals surface area contributed by atoms with Crippen LogP contribution in [-0.2, 0) is 19.9 Å². The number of anilines is 1. The Morgan fingerprint density at radius 1 is 1.09 bits per heavy atom. The lowest BCUT2D eigenvalue weighted by Crippen LogP contribution is -2.42. The first-order chi connectivity index (χ1) is 16.7. The standard InChI is InChI=1S/C26H25N3O5S/c1-4-34-23(31)22-19(14-20(35-22)17-8-6-5-7-9-17)27-21(30)15-29-24(32)26(3,28-25(29)33)18-12-10-16(2)11-13-18/h5-14H,4,15H2,1-3H3,(H,27,30)(H,28,33). The first-order valence-corrected chi connectivity index (χ1v) is 11.9. The van der Waals surface area contributed by atoms with E-state index in [2.05, 4.69) is 10.6 Å². The number of rotatable bonds is 7. The van der Waals surface area contributed by atoms with Gasteiger partial charge in [-0.05, 0) is 38.0 Å². The van der Waals surface area contributed by atoms with Crippen molar-refractivity contribution in [2.45, 2.75) is 26.3 Å². The molecule has 1 aromatic heterocycles. The van der Waals surface area contributed by atoms with Gasteiger partial charge in [-0.2, -0.15) is 0 Å². The number of esters is 1. The number of hydrogen-bond acceptors (Lipinski definition) is 6. The molecule has 2 heterocycles. The Bertz CT molecular complexity index is 1290. The molecule has 0 aliphatic carbocycles. The molecule has 2 aromatic carbocycles. The highest BCUT2D eigenvalue weighted by Crippen LogP contribution is 2.35. The average molecular weight is 492 g/mol. The van der Waals surface area contributed by atoms with Crippen LogP contribution in [0.1, 0.15) is 34.6 Å². The van der Waals surface area contributed by atoms with Crippen molar-refractivity contribution in [3.63, 3.8) is 0 Å². The first-order valence-electron chi connectivity index (χ1n) is 11.1. The lowest BCUT2D eigenvalue weighted by molar-refractivity contribution is -0.133. The second-order valence-electron chi connectivity index (χ2n) is 8.30. The molecule has 1 fully saturated rings. The Hall–Kier alpha value is -3.98. The summed E-state index contributed by atoms with van der Waals surface area (Å²) < 4.78 is 5.14. The van der Waals surface area contributed by atoms with Crippen LogP contribution in [0, 0.1) is 6.92 Å². The van der Waals surface area contributed by atoms with E-state index in [1.54, 1.807) is 32.0 Å². The van der Waals surface area contributed by atoms with Gasteiger partial charge in [0, 0.05) is 4.88 Å². The summed E-state index contributed by atoms with van der Waals surface area (Å²) in [5.74, 6) is -1.69. The highest BCUT2D eigenvalue weighted by atomic mass is 32.1. The lowest BCUT2D eigenvalue weighted by Gasteiger charge is -2.22. The van der Waals surface area contributed by atoms with Crippen LogP contribution in [0.2, 0.25) is 0 Å². The zero-order chi connectivity index (χ0) is 25.2. The van der Waals surface area contributed by atoms with Gasteiger partial charge in [-0.1, -0.05) is 60.2 Å².